The molecule has 0 saturated carbocycles. The molecule has 0 spiro atoms. The average Bonchev–Trinajstić information content (AvgIpc) is 3.03. The predicted octanol–water partition coefficient (Wildman–Crippen LogP) is 2.78. The van der Waals surface area contributed by atoms with E-state index in [0.29, 0.717) is 17.1 Å². The molecule has 1 aromatic carbocycles. The molecule has 0 radical (unpaired) electrons. The van der Waals surface area contributed by atoms with Crippen LogP contribution in [0.15, 0.2) is 39.9 Å². The SMILES string of the molecule is C[NH+]1CCN(/N=C\c2ccc(-c3ccc(Cl)c(C(F)(F)F)c3)o2)CC1. The van der Waals surface area contributed by atoms with Crippen molar-refractivity contribution >= 4 is 17.8 Å². The van der Waals surface area contributed by atoms with Crippen LogP contribution >= 0.6 is 11.6 Å². The van der Waals surface area contributed by atoms with Crippen LogP contribution in [0.25, 0.3) is 11.3 Å². The molecule has 1 saturated heterocycles. The minimum Gasteiger partial charge on any atom is -0.455 e. The van der Waals surface area contributed by atoms with E-state index in [1.807, 2.05) is 5.01 Å². The summed E-state index contributed by atoms with van der Waals surface area (Å²) in [6, 6.07) is 7.02. The van der Waals surface area contributed by atoms with E-state index in [9.17, 15) is 13.2 Å². The highest BCUT2D eigenvalue weighted by Crippen LogP contribution is 2.37. The Morgan fingerprint density at radius 1 is 1.20 bits per heavy atom. The normalized spacial score (nSPS) is 16.8. The van der Waals surface area contributed by atoms with Crippen molar-refractivity contribution in [3.63, 3.8) is 0 Å². The van der Waals surface area contributed by atoms with Crippen molar-refractivity contribution in [3.8, 4) is 11.3 Å². The Morgan fingerprint density at radius 2 is 1.92 bits per heavy atom. The summed E-state index contributed by atoms with van der Waals surface area (Å²) in [6.07, 6.45) is -2.92. The molecule has 0 aliphatic carbocycles. The first-order valence-electron chi connectivity index (χ1n) is 7.90. The summed E-state index contributed by atoms with van der Waals surface area (Å²) in [7, 11) is 2.14. The van der Waals surface area contributed by atoms with Crippen LogP contribution in [-0.4, -0.2) is 44.5 Å². The van der Waals surface area contributed by atoms with E-state index in [1.54, 1.807) is 18.3 Å². The van der Waals surface area contributed by atoms with Crippen molar-refractivity contribution in [3.05, 3.63) is 46.7 Å². The molecule has 3 rings (SSSR count). The highest BCUT2D eigenvalue weighted by atomic mass is 35.5. The van der Waals surface area contributed by atoms with Crippen LogP contribution in [0.2, 0.25) is 5.02 Å². The van der Waals surface area contributed by atoms with Gasteiger partial charge in [-0.2, -0.15) is 18.3 Å². The molecule has 0 unspecified atom stereocenters. The van der Waals surface area contributed by atoms with Crippen molar-refractivity contribution in [2.75, 3.05) is 33.2 Å². The largest absolute Gasteiger partial charge is 0.455 e. The summed E-state index contributed by atoms with van der Waals surface area (Å²) in [6.45, 7) is 3.77. The van der Waals surface area contributed by atoms with Crippen LogP contribution in [0.3, 0.4) is 0 Å². The van der Waals surface area contributed by atoms with Gasteiger partial charge in [-0.3, -0.25) is 5.01 Å². The molecule has 1 fully saturated rings. The average molecular weight is 373 g/mol. The lowest BCUT2D eigenvalue weighted by atomic mass is 10.1. The zero-order valence-electron chi connectivity index (χ0n) is 13.6. The minimum atomic E-state index is -4.51. The fourth-order valence-electron chi connectivity index (χ4n) is 2.60. The van der Waals surface area contributed by atoms with Crippen LogP contribution in [0.1, 0.15) is 11.3 Å². The summed E-state index contributed by atoms with van der Waals surface area (Å²) in [4.78, 5) is 1.47. The summed E-state index contributed by atoms with van der Waals surface area (Å²) in [5.74, 6) is 0.830. The highest BCUT2D eigenvalue weighted by molar-refractivity contribution is 6.31. The summed E-state index contributed by atoms with van der Waals surface area (Å²) in [5.41, 5.74) is -0.558. The standard InChI is InChI=1S/C17H17ClF3N3O/c1-23-6-8-24(9-7-23)22-11-13-3-5-16(25-13)12-2-4-15(18)14(10-12)17(19,20)21/h2-5,10-11H,6-9H2,1H3/p+1/b22-11-. The van der Waals surface area contributed by atoms with E-state index < -0.39 is 11.7 Å². The fraction of sp³-hybridized carbons (Fsp3) is 0.353. The molecule has 0 amide bonds. The van der Waals surface area contributed by atoms with Crippen LogP contribution in [-0.2, 0) is 6.18 Å². The smallest absolute Gasteiger partial charge is 0.417 e. The van der Waals surface area contributed by atoms with E-state index in [-0.39, 0.29) is 5.02 Å². The molecule has 2 heterocycles. The number of halogens is 4. The number of alkyl halides is 3. The second-order valence-corrected chi connectivity index (χ2v) is 6.46. The monoisotopic (exact) mass is 372 g/mol. The third kappa shape index (κ3) is 4.35. The third-order valence-electron chi connectivity index (χ3n) is 4.12. The van der Waals surface area contributed by atoms with Gasteiger partial charge in [0.25, 0.3) is 0 Å². The zero-order chi connectivity index (χ0) is 18.0. The Hall–Kier alpha value is -1.99. The van der Waals surface area contributed by atoms with Crippen molar-refractivity contribution in [2.24, 2.45) is 5.10 Å². The maximum Gasteiger partial charge on any atom is 0.417 e. The topological polar surface area (TPSA) is 33.2 Å². The van der Waals surface area contributed by atoms with E-state index in [0.717, 1.165) is 32.2 Å². The second kappa shape index (κ2) is 7.09. The molecule has 1 N–H and O–H groups in total. The van der Waals surface area contributed by atoms with Crippen molar-refractivity contribution in [1.82, 2.24) is 5.01 Å². The second-order valence-electron chi connectivity index (χ2n) is 6.05. The van der Waals surface area contributed by atoms with Crippen LogP contribution in [0.5, 0.6) is 0 Å². The van der Waals surface area contributed by atoms with E-state index >= 15 is 0 Å². The minimum absolute atomic E-state index is 0.319. The molecule has 25 heavy (non-hydrogen) atoms. The van der Waals surface area contributed by atoms with Gasteiger partial charge in [0.2, 0.25) is 0 Å². The Bertz CT molecular complexity index is 765. The molecule has 2 aromatic rings. The number of nitrogens with zero attached hydrogens (tertiary/aromatic N) is 2. The predicted molar refractivity (Wildman–Crippen MR) is 89.9 cm³/mol. The van der Waals surface area contributed by atoms with Gasteiger partial charge in [-0.05, 0) is 30.3 Å². The Morgan fingerprint density at radius 3 is 2.60 bits per heavy atom. The Kier molecular flexibility index (Phi) is 5.06. The number of hydrogen-bond acceptors (Lipinski definition) is 3. The maximum absolute atomic E-state index is 13.0. The number of nitrogens with one attached hydrogen (secondary N) is 1. The quantitative estimate of drug-likeness (QED) is 0.840. The van der Waals surface area contributed by atoms with Crippen molar-refractivity contribution < 1.29 is 22.5 Å². The van der Waals surface area contributed by atoms with Gasteiger partial charge < -0.3 is 9.32 Å². The van der Waals surface area contributed by atoms with Gasteiger partial charge in [-0.1, -0.05) is 11.6 Å². The molecule has 4 nitrogen and oxygen atoms in total. The van der Waals surface area contributed by atoms with E-state index in [1.165, 1.54) is 17.0 Å². The number of likely N-dealkylation sites (N-methyl/N-ethyl adjacent to an activating group) is 1. The summed E-state index contributed by atoms with van der Waals surface area (Å²) < 4.78 is 44.5. The number of quaternary nitrogens is 1. The van der Waals surface area contributed by atoms with E-state index in [4.69, 9.17) is 16.0 Å². The van der Waals surface area contributed by atoms with Gasteiger partial charge >= 0.3 is 6.18 Å². The van der Waals surface area contributed by atoms with Crippen molar-refractivity contribution in [2.45, 2.75) is 6.18 Å². The third-order valence-corrected chi connectivity index (χ3v) is 4.45. The lowest BCUT2D eigenvalue weighted by molar-refractivity contribution is -0.884. The number of benzene rings is 1. The number of hydrazone groups is 1. The Balaban J connectivity index is 1.75. The van der Waals surface area contributed by atoms with Crippen molar-refractivity contribution in [1.29, 1.82) is 0 Å². The highest BCUT2D eigenvalue weighted by Gasteiger charge is 2.33. The maximum atomic E-state index is 13.0. The van der Waals surface area contributed by atoms with Crippen LogP contribution in [0, 0.1) is 0 Å². The van der Waals surface area contributed by atoms with Gasteiger partial charge in [0.05, 0.1) is 50.0 Å². The van der Waals surface area contributed by atoms with E-state index in [2.05, 4.69) is 12.1 Å². The molecule has 1 aromatic heterocycles. The molecule has 0 bridgehead atoms. The summed E-state index contributed by atoms with van der Waals surface area (Å²) >= 11 is 5.64. The molecule has 8 heteroatoms. The Labute approximate surface area is 148 Å². The lowest BCUT2D eigenvalue weighted by Gasteiger charge is -2.27. The molecule has 0 atom stereocenters. The van der Waals surface area contributed by atoms with Gasteiger partial charge in [-0.15, -0.1) is 0 Å². The molecule has 134 valence electrons. The molecule has 1 aliphatic rings. The lowest BCUT2D eigenvalue weighted by Crippen LogP contribution is -3.11. The zero-order valence-corrected chi connectivity index (χ0v) is 14.4. The molecular weight excluding hydrogens is 355 g/mol. The van der Waals surface area contributed by atoms with Gasteiger partial charge in [0.15, 0.2) is 0 Å². The fourth-order valence-corrected chi connectivity index (χ4v) is 2.83. The van der Waals surface area contributed by atoms with Crippen LogP contribution in [0.4, 0.5) is 13.2 Å². The first-order chi connectivity index (χ1) is 11.8. The van der Waals surface area contributed by atoms with Crippen LogP contribution < -0.4 is 4.90 Å². The van der Waals surface area contributed by atoms with Gasteiger partial charge in [-0.25, -0.2) is 0 Å². The summed E-state index contributed by atoms with van der Waals surface area (Å²) in [5, 5.41) is 5.99. The molecule has 1 aliphatic heterocycles. The van der Waals surface area contributed by atoms with Gasteiger partial charge in [0, 0.05) is 5.56 Å². The first-order valence-corrected chi connectivity index (χ1v) is 8.28. The number of rotatable bonds is 3. The molecular formula is C17H18ClF3N3O+. The number of piperazine rings is 1. The first kappa shape index (κ1) is 17.8. The number of furan rings is 1. The number of hydrogen-bond donors (Lipinski definition) is 1. The van der Waals surface area contributed by atoms with Gasteiger partial charge in [0.1, 0.15) is 11.5 Å².